The van der Waals surface area contributed by atoms with Gasteiger partial charge in [-0.1, -0.05) is 42.5 Å². The van der Waals surface area contributed by atoms with Gasteiger partial charge in [0.15, 0.2) is 0 Å². The van der Waals surface area contributed by atoms with Gasteiger partial charge in [0, 0.05) is 31.0 Å². The van der Waals surface area contributed by atoms with Crippen LogP contribution in [0.2, 0.25) is 0 Å². The molecule has 1 aliphatic heterocycles. The van der Waals surface area contributed by atoms with Crippen molar-refractivity contribution in [1.29, 1.82) is 0 Å². The topological polar surface area (TPSA) is 84.7 Å². The molecule has 7 nitrogen and oxygen atoms in total. The Morgan fingerprint density at radius 3 is 2.61 bits per heavy atom. The highest BCUT2D eigenvalue weighted by Gasteiger charge is 2.45. The summed E-state index contributed by atoms with van der Waals surface area (Å²) in [7, 11) is 1.53. The number of aromatic nitrogens is 2. The summed E-state index contributed by atoms with van der Waals surface area (Å²) in [6.07, 6.45) is 5.91. The molecular weight excluding hydrogens is 394 g/mol. The highest BCUT2D eigenvalue weighted by Crippen LogP contribution is 2.39. The van der Waals surface area contributed by atoms with Crippen LogP contribution in [-0.2, 0) is 16.1 Å². The van der Waals surface area contributed by atoms with Crippen LogP contribution in [-0.4, -0.2) is 44.9 Å². The van der Waals surface area contributed by atoms with Crippen LogP contribution in [0.4, 0.5) is 0 Å². The van der Waals surface area contributed by atoms with E-state index in [4.69, 9.17) is 4.74 Å². The van der Waals surface area contributed by atoms with E-state index in [1.165, 1.54) is 7.11 Å². The molecule has 0 saturated carbocycles. The molecule has 1 amide bonds. The summed E-state index contributed by atoms with van der Waals surface area (Å²) in [5.74, 6) is -0.946. The quantitative estimate of drug-likeness (QED) is 0.362. The van der Waals surface area contributed by atoms with E-state index in [-0.39, 0.29) is 11.3 Å². The zero-order valence-corrected chi connectivity index (χ0v) is 17.1. The fourth-order valence-electron chi connectivity index (χ4n) is 3.86. The molecule has 1 saturated heterocycles. The van der Waals surface area contributed by atoms with Gasteiger partial charge in [-0.3, -0.25) is 9.59 Å². The Morgan fingerprint density at radius 1 is 1.10 bits per heavy atom. The number of ether oxygens (including phenoxy) is 1. The van der Waals surface area contributed by atoms with Crippen LogP contribution in [0.1, 0.15) is 23.6 Å². The molecule has 0 spiro atoms. The Bertz CT molecular complexity index is 1110. The summed E-state index contributed by atoms with van der Waals surface area (Å²) in [4.78, 5) is 31.5. The first-order chi connectivity index (χ1) is 15.1. The monoisotopic (exact) mass is 417 g/mol. The zero-order chi connectivity index (χ0) is 21.8. The average molecular weight is 417 g/mol. The maximum absolute atomic E-state index is 13.0. The lowest BCUT2D eigenvalue weighted by Crippen LogP contribution is -2.31. The second-order valence-corrected chi connectivity index (χ2v) is 7.29. The standard InChI is InChI=1S/C24H23N3O4/c1-31-19-10-5-9-18(15-19)22(28)20-21(17-7-3-2-4-8-17)27(24(30)23(20)29)13-6-12-26-14-11-25-16-26/h2-5,7-11,14-16,21,28H,6,12-13H2,1H3/t21-/m1/s1. The van der Waals surface area contributed by atoms with Crippen molar-refractivity contribution in [2.75, 3.05) is 13.7 Å². The SMILES string of the molecule is COc1cccc(C(O)=C2C(=O)C(=O)N(CCCn3ccnc3)[C@@H]2c2ccccc2)c1. The van der Waals surface area contributed by atoms with Crippen molar-refractivity contribution in [2.45, 2.75) is 19.0 Å². The molecule has 1 aromatic heterocycles. The van der Waals surface area contributed by atoms with Crippen molar-refractivity contribution < 1.29 is 19.4 Å². The highest BCUT2D eigenvalue weighted by molar-refractivity contribution is 6.46. The Balaban J connectivity index is 1.72. The number of hydrogen-bond donors (Lipinski definition) is 1. The van der Waals surface area contributed by atoms with Crippen molar-refractivity contribution in [3.8, 4) is 5.75 Å². The summed E-state index contributed by atoms with van der Waals surface area (Å²) in [6.45, 7) is 1.04. The van der Waals surface area contributed by atoms with Crippen molar-refractivity contribution in [1.82, 2.24) is 14.5 Å². The molecule has 1 atom stereocenters. The van der Waals surface area contributed by atoms with Crippen LogP contribution >= 0.6 is 0 Å². The minimum Gasteiger partial charge on any atom is -0.507 e. The van der Waals surface area contributed by atoms with Crippen LogP contribution < -0.4 is 4.74 Å². The van der Waals surface area contributed by atoms with E-state index in [9.17, 15) is 14.7 Å². The number of rotatable bonds is 7. The van der Waals surface area contributed by atoms with Gasteiger partial charge in [-0.15, -0.1) is 0 Å². The van der Waals surface area contributed by atoms with Gasteiger partial charge >= 0.3 is 0 Å². The maximum Gasteiger partial charge on any atom is 0.295 e. The number of aryl methyl sites for hydroxylation is 1. The van der Waals surface area contributed by atoms with Crippen LogP contribution in [0.3, 0.4) is 0 Å². The molecule has 31 heavy (non-hydrogen) atoms. The Labute approximate surface area is 180 Å². The van der Waals surface area contributed by atoms with E-state index in [1.54, 1.807) is 41.7 Å². The first kappa shape index (κ1) is 20.4. The van der Waals surface area contributed by atoms with Crippen LogP contribution in [0.15, 0.2) is 78.9 Å². The smallest absolute Gasteiger partial charge is 0.295 e. The Kier molecular flexibility index (Phi) is 5.84. The number of carbonyl (C=O) groups is 2. The number of nitrogens with zero attached hydrogens (tertiary/aromatic N) is 3. The number of aliphatic hydroxyl groups excluding tert-OH is 1. The van der Waals surface area contributed by atoms with Crippen LogP contribution in [0, 0.1) is 0 Å². The molecule has 1 N–H and O–H groups in total. The van der Waals surface area contributed by atoms with E-state index >= 15 is 0 Å². The Morgan fingerprint density at radius 2 is 1.90 bits per heavy atom. The lowest BCUT2D eigenvalue weighted by molar-refractivity contribution is -0.139. The fraction of sp³-hybridized carbons (Fsp3) is 0.208. The van der Waals surface area contributed by atoms with Gasteiger partial charge in [-0.2, -0.15) is 0 Å². The minimum absolute atomic E-state index is 0.0899. The molecule has 2 aromatic carbocycles. The number of benzene rings is 2. The molecule has 0 aliphatic carbocycles. The summed E-state index contributed by atoms with van der Waals surface area (Å²) in [5.41, 5.74) is 1.29. The summed E-state index contributed by atoms with van der Waals surface area (Å²) in [5, 5.41) is 11.1. The molecule has 0 unspecified atom stereocenters. The number of imidazole rings is 1. The van der Waals surface area contributed by atoms with E-state index in [0.717, 1.165) is 5.56 Å². The molecule has 4 rings (SSSR count). The van der Waals surface area contributed by atoms with Crippen LogP contribution in [0.5, 0.6) is 5.75 Å². The van der Waals surface area contributed by atoms with Gasteiger partial charge in [0.2, 0.25) is 0 Å². The van der Waals surface area contributed by atoms with E-state index < -0.39 is 17.7 Å². The van der Waals surface area contributed by atoms with Gasteiger partial charge in [0.1, 0.15) is 11.5 Å². The third-order valence-corrected chi connectivity index (χ3v) is 5.37. The summed E-state index contributed by atoms with van der Waals surface area (Å²) in [6, 6.07) is 15.4. The molecule has 158 valence electrons. The fourth-order valence-corrected chi connectivity index (χ4v) is 3.86. The maximum atomic E-state index is 13.0. The molecule has 0 bridgehead atoms. The van der Waals surface area contributed by atoms with Gasteiger partial charge in [0.05, 0.1) is 25.1 Å². The van der Waals surface area contributed by atoms with Gasteiger partial charge in [0.25, 0.3) is 11.7 Å². The van der Waals surface area contributed by atoms with Crippen molar-refractivity contribution in [3.63, 3.8) is 0 Å². The number of aliphatic hydroxyl groups is 1. The zero-order valence-electron chi connectivity index (χ0n) is 17.1. The predicted molar refractivity (Wildman–Crippen MR) is 115 cm³/mol. The van der Waals surface area contributed by atoms with Crippen molar-refractivity contribution in [2.24, 2.45) is 0 Å². The number of amides is 1. The van der Waals surface area contributed by atoms with E-state index in [1.807, 2.05) is 41.1 Å². The Hall–Kier alpha value is -3.87. The molecule has 1 aliphatic rings. The highest BCUT2D eigenvalue weighted by atomic mass is 16.5. The minimum atomic E-state index is -0.684. The average Bonchev–Trinajstić information content (AvgIpc) is 3.41. The lowest BCUT2D eigenvalue weighted by Gasteiger charge is -2.25. The third kappa shape index (κ3) is 4.07. The first-order valence-corrected chi connectivity index (χ1v) is 10.0. The van der Waals surface area contributed by atoms with E-state index in [2.05, 4.69) is 4.98 Å². The van der Waals surface area contributed by atoms with Gasteiger partial charge in [-0.25, -0.2) is 4.98 Å². The second kappa shape index (κ2) is 8.87. The number of methoxy groups -OCH3 is 1. The molecule has 2 heterocycles. The number of likely N-dealkylation sites (tertiary alicyclic amines) is 1. The van der Waals surface area contributed by atoms with Crippen LogP contribution in [0.25, 0.3) is 5.76 Å². The lowest BCUT2D eigenvalue weighted by atomic mass is 9.95. The molecule has 7 heteroatoms. The molecule has 1 fully saturated rings. The third-order valence-electron chi connectivity index (χ3n) is 5.37. The molecule has 3 aromatic rings. The second-order valence-electron chi connectivity index (χ2n) is 7.29. The van der Waals surface area contributed by atoms with Gasteiger partial charge < -0.3 is 19.3 Å². The first-order valence-electron chi connectivity index (χ1n) is 10.0. The number of carbonyl (C=O) groups excluding carboxylic acids is 2. The molecule has 0 radical (unpaired) electrons. The number of ketones is 1. The summed E-state index contributed by atoms with van der Waals surface area (Å²) < 4.78 is 7.15. The van der Waals surface area contributed by atoms with E-state index in [0.29, 0.717) is 30.8 Å². The van der Waals surface area contributed by atoms with Crippen molar-refractivity contribution >= 4 is 17.4 Å². The number of hydrogen-bond acceptors (Lipinski definition) is 5. The largest absolute Gasteiger partial charge is 0.507 e. The normalized spacial score (nSPS) is 17.8. The van der Waals surface area contributed by atoms with Gasteiger partial charge in [-0.05, 0) is 24.1 Å². The van der Waals surface area contributed by atoms with Crippen molar-refractivity contribution in [3.05, 3.63) is 90.0 Å². The molecular formula is C24H23N3O4. The predicted octanol–water partition coefficient (Wildman–Crippen LogP) is 3.40. The number of Topliss-reactive ketones (excluding diaryl/α,β-unsaturated/α-hetero) is 1. The summed E-state index contributed by atoms with van der Waals surface area (Å²) >= 11 is 0.